The highest BCUT2D eigenvalue weighted by Crippen LogP contribution is 2.29. The molecule has 0 saturated heterocycles. The van der Waals surface area contributed by atoms with Gasteiger partial charge in [-0.3, -0.25) is 0 Å². The number of benzene rings is 3. The predicted molar refractivity (Wildman–Crippen MR) is 92.0 cm³/mol. The van der Waals surface area contributed by atoms with Gasteiger partial charge in [0.25, 0.3) is 0 Å². The van der Waals surface area contributed by atoms with Crippen molar-refractivity contribution in [3.05, 3.63) is 77.2 Å². The molecule has 0 bridgehead atoms. The monoisotopic (exact) mass is 302 g/mol. The van der Waals surface area contributed by atoms with E-state index in [0.29, 0.717) is 16.9 Å². The fourth-order valence-corrected chi connectivity index (χ4v) is 2.86. The Balaban J connectivity index is 2.05. The lowest BCUT2D eigenvalue weighted by molar-refractivity contribution is 0.415. The van der Waals surface area contributed by atoms with Crippen molar-refractivity contribution in [2.75, 3.05) is 7.11 Å². The van der Waals surface area contributed by atoms with Gasteiger partial charge in [0.05, 0.1) is 12.7 Å². The van der Waals surface area contributed by atoms with Crippen LogP contribution in [0.4, 0.5) is 0 Å². The van der Waals surface area contributed by atoms with Crippen molar-refractivity contribution >= 4 is 21.7 Å². The second-order valence-corrected chi connectivity index (χ2v) is 5.38. The number of methoxy groups -OCH3 is 1. The van der Waals surface area contributed by atoms with Crippen LogP contribution in [0.25, 0.3) is 32.9 Å². The van der Waals surface area contributed by atoms with Crippen LogP contribution in [0.3, 0.4) is 0 Å². The van der Waals surface area contributed by atoms with E-state index in [0.717, 1.165) is 21.7 Å². The van der Waals surface area contributed by atoms with E-state index in [9.17, 15) is 4.79 Å². The SMILES string of the molecule is COc1cccc(-c2cc3c(ccc4ccccc43)oc2=O)c1. The van der Waals surface area contributed by atoms with Crippen molar-refractivity contribution in [3.63, 3.8) is 0 Å². The largest absolute Gasteiger partial charge is 0.497 e. The van der Waals surface area contributed by atoms with E-state index in [1.54, 1.807) is 7.11 Å². The average molecular weight is 302 g/mol. The highest BCUT2D eigenvalue weighted by Gasteiger charge is 2.10. The topological polar surface area (TPSA) is 39.4 Å². The van der Waals surface area contributed by atoms with Gasteiger partial charge in [-0.1, -0.05) is 42.5 Å². The van der Waals surface area contributed by atoms with Crippen LogP contribution < -0.4 is 10.4 Å². The first-order chi connectivity index (χ1) is 11.3. The second-order valence-electron chi connectivity index (χ2n) is 5.38. The highest BCUT2D eigenvalue weighted by atomic mass is 16.5. The van der Waals surface area contributed by atoms with E-state index in [1.807, 2.05) is 66.7 Å². The van der Waals surface area contributed by atoms with Gasteiger partial charge in [0.2, 0.25) is 0 Å². The summed E-state index contributed by atoms with van der Waals surface area (Å²) >= 11 is 0. The summed E-state index contributed by atoms with van der Waals surface area (Å²) in [6.45, 7) is 0. The molecule has 0 aliphatic rings. The molecule has 0 aliphatic heterocycles. The third kappa shape index (κ3) is 2.27. The Kier molecular flexibility index (Phi) is 3.12. The molecule has 3 nitrogen and oxygen atoms in total. The lowest BCUT2D eigenvalue weighted by atomic mass is 10.0. The van der Waals surface area contributed by atoms with Gasteiger partial charge < -0.3 is 9.15 Å². The molecule has 0 amide bonds. The van der Waals surface area contributed by atoms with Crippen LogP contribution in [0.1, 0.15) is 0 Å². The number of rotatable bonds is 2. The fourth-order valence-electron chi connectivity index (χ4n) is 2.86. The molecule has 4 rings (SSSR count). The summed E-state index contributed by atoms with van der Waals surface area (Å²) in [6, 6.07) is 21.2. The zero-order valence-electron chi connectivity index (χ0n) is 12.6. The summed E-state index contributed by atoms with van der Waals surface area (Å²) in [5.74, 6) is 0.708. The Bertz CT molecular complexity index is 1080. The van der Waals surface area contributed by atoms with Crippen LogP contribution in [-0.4, -0.2) is 7.11 Å². The summed E-state index contributed by atoms with van der Waals surface area (Å²) in [7, 11) is 1.61. The van der Waals surface area contributed by atoms with Crippen LogP contribution >= 0.6 is 0 Å². The maximum atomic E-state index is 12.4. The summed E-state index contributed by atoms with van der Waals surface area (Å²) in [5, 5.41) is 3.11. The van der Waals surface area contributed by atoms with E-state index in [1.165, 1.54) is 0 Å². The first-order valence-corrected chi connectivity index (χ1v) is 7.36. The molecular weight excluding hydrogens is 288 g/mol. The summed E-state index contributed by atoms with van der Waals surface area (Å²) in [5.41, 5.74) is 1.57. The van der Waals surface area contributed by atoms with Crippen molar-refractivity contribution in [1.29, 1.82) is 0 Å². The van der Waals surface area contributed by atoms with Gasteiger partial charge in [-0.15, -0.1) is 0 Å². The molecule has 1 heterocycles. The molecule has 0 spiro atoms. The zero-order chi connectivity index (χ0) is 15.8. The Hall–Kier alpha value is -3.07. The Morgan fingerprint density at radius 3 is 2.61 bits per heavy atom. The second kappa shape index (κ2) is 5.29. The third-order valence-electron chi connectivity index (χ3n) is 4.02. The molecule has 3 aromatic carbocycles. The number of hydrogen-bond acceptors (Lipinski definition) is 3. The minimum atomic E-state index is -0.346. The van der Waals surface area contributed by atoms with E-state index in [2.05, 4.69) is 0 Å². The average Bonchev–Trinajstić information content (AvgIpc) is 2.61. The van der Waals surface area contributed by atoms with E-state index in [4.69, 9.17) is 9.15 Å². The van der Waals surface area contributed by atoms with Crippen molar-refractivity contribution in [2.24, 2.45) is 0 Å². The van der Waals surface area contributed by atoms with Crippen molar-refractivity contribution in [1.82, 2.24) is 0 Å². The molecule has 0 N–H and O–H groups in total. The van der Waals surface area contributed by atoms with Gasteiger partial charge in [0.1, 0.15) is 11.3 Å². The predicted octanol–water partition coefficient (Wildman–Crippen LogP) is 4.62. The van der Waals surface area contributed by atoms with Crippen molar-refractivity contribution in [2.45, 2.75) is 0 Å². The van der Waals surface area contributed by atoms with Gasteiger partial charge in [-0.2, -0.15) is 0 Å². The van der Waals surface area contributed by atoms with E-state index >= 15 is 0 Å². The van der Waals surface area contributed by atoms with E-state index < -0.39 is 0 Å². The first-order valence-electron chi connectivity index (χ1n) is 7.36. The van der Waals surface area contributed by atoms with Crippen LogP contribution in [0.5, 0.6) is 5.75 Å². The van der Waals surface area contributed by atoms with Gasteiger partial charge >= 0.3 is 5.63 Å². The lowest BCUT2D eigenvalue weighted by Crippen LogP contribution is -2.02. The molecule has 0 aliphatic carbocycles. The summed E-state index contributed by atoms with van der Waals surface area (Å²) in [6.07, 6.45) is 0. The fraction of sp³-hybridized carbons (Fsp3) is 0.0500. The summed E-state index contributed by atoms with van der Waals surface area (Å²) < 4.78 is 10.8. The molecule has 112 valence electrons. The van der Waals surface area contributed by atoms with Crippen molar-refractivity contribution < 1.29 is 9.15 Å². The normalized spacial score (nSPS) is 11.0. The zero-order valence-corrected chi connectivity index (χ0v) is 12.6. The number of ether oxygens (including phenoxy) is 1. The molecule has 4 aromatic rings. The molecule has 0 unspecified atom stereocenters. The van der Waals surface area contributed by atoms with Crippen LogP contribution in [0.2, 0.25) is 0 Å². The quantitative estimate of drug-likeness (QED) is 0.400. The smallest absolute Gasteiger partial charge is 0.344 e. The minimum absolute atomic E-state index is 0.346. The van der Waals surface area contributed by atoms with Gasteiger partial charge in [-0.25, -0.2) is 4.79 Å². The molecular formula is C20H14O3. The standard InChI is InChI=1S/C20H14O3/c1-22-15-7-4-6-14(11-15)17-12-18-16-8-3-2-5-13(16)9-10-19(18)23-20(17)21/h2-12H,1H3. The molecule has 23 heavy (non-hydrogen) atoms. The Morgan fingerprint density at radius 2 is 1.74 bits per heavy atom. The van der Waals surface area contributed by atoms with Crippen molar-refractivity contribution in [3.8, 4) is 16.9 Å². The molecule has 0 atom stereocenters. The number of hydrogen-bond donors (Lipinski definition) is 0. The lowest BCUT2D eigenvalue weighted by Gasteiger charge is -2.07. The maximum absolute atomic E-state index is 12.4. The maximum Gasteiger partial charge on any atom is 0.344 e. The summed E-state index contributed by atoms with van der Waals surface area (Å²) in [4.78, 5) is 12.4. The first kappa shape index (κ1) is 13.6. The molecule has 1 aromatic heterocycles. The van der Waals surface area contributed by atoms with Gasteiger partial charge in [0.15, 0.2) is 0 Å². The Morgan fingerprint density at radius 1 is 0.870 bits per heavy atom. The van der Waals surface area contributed by atoms with E-state index in [-0.39, 0.29) is 5.63 Å². The minimum Gasteiger partial charge on any atom is -0.497 e. The van der Waals surface area contributed by atoms with Gasteiger partial charge in [0, 0.05) is 5.39 Å². The molecule has 0 saturated carbocycles. The highest BCUT2D eigenvalue weighted by molar-refractivity contribution is 6.06. The Labute approximate surface area is 132 Å². The molecule has 0 fully saturated rings. The number of fused-ring (bicyclic) bond motifs is 3. The van der Waals surface area contributed by atoms with Gasteiger partial charge in [-0.05, 0) is 40.6 Å². The van der Waals surface area contributed by atoms with Crippen LogP contribution in [-0.2, 0) is 0 Å². The third-order valence-corrected chi connectivity index (χ3v) is 4.02. The molecule has 0 radical (unpaired) electrons. The molecule has 3 heteroatoms. The van der Waals surface area contributed by atoms with Crippen LogP contribution in [0.15, 0.2) is 75.9 Å². The van der Waals surface area contributed by atoms with Crippen LogP contribution in [0, 0.1) is 0 Å².